The van der Waals surface area contributed by atoms with Crippen molar-refractivity contribution in [3.05, 3.63) is 75.3 Å². The summed E-state index contributed by atoms with van der Waals surface area (Å²) in [7, 11) is 0. The maximum Gasteiger partial charge on any atom is 0.329 e. The van der Waals surface area contributed by atoms with Crippen molar-refractivity contribution in [1.82, 2.24) is 4.90 Å². The molecule has 2 amide bonds. The van der Waals surface area contributed by atoms with Crippen LogP contribution in [0.25, 0.3) is 0 Å². The summed E-state index contributed by atoms with van der Waals surface area (Å²) < 4.78 is 5.31. The molecule has 0 spiro atoms. The Morgan fingerprint density at radius 3 is 2.38 bits per heavy atom. The van der Waals surface area contributed by atoms with E-state index in [2.05, 4.69) is 0 Å². The summed E-state index contributed by atoms with van der Waals surface area (Å²) in [5.41, 5.74) is 0.854. The number of nitrogens with zero attached hydrogens (tertiary/aromatic N) is 2. The van der Waals surface area contributed by atoms with Crippen molar-refractivity contribution in [2.45, 2.75) is 19.1 Å². The maximum absolute atomic E-state index is 12.8. The third kappa shape index (κ3) is 4.29. The molecule has 1 atom stereocenters. The Bertz CT molecular complexity index is 942. The number of carbonyl (C=O) groups excluding carboxylic acids is 3. The SMILES string of the molecule is CSCCC(C(=O)OCc1cccc([N+](=O)[O-])c1)N1C(=O)c2ccccc2C1=O. The highest BCUT2D eigenvalue weighted by molar-refractivity contribution is 7.98. The zero-order valence-electron chi connectivity index (χ0n) is 15.6. The lowest BCUT2D eigenvalue weighted by Crippen LogP contribution is -2.46. The third-order valence-corrected chi connectivity index (χ3v) is 5.15. The summed E-state index contributed by atoms with van der Waals surface area (Å²) in [6.07, 6.45) is 2.11. The van der Waals surface area contributed by atoms with Gasteiger partial charge in [0.05, 0.1) is 16.1 Å². The average molecular weight is 414 g/mol. The molecule has 0 radical (unpaired) electrons. The Hall–Kier alpha value is -3.20. The van der Waals surface area contributed by atoms with Crippen LogP contribution in [0, 0.1) is 10.1 Å². The highest BCUT2D eigenvalue weighted by atomic mass is 32.2. The third-order valence-electron chi connectivity index (χ3n) is 4.51. The van der Waals surface area contributed by atoms with E-state index in [4.69, 9.17) is 4.74 Å². The molecule has 0 fully saturated rings. The maximum atomic E-state index is 12.8. The van der Waals surface area contributed by atoms with Gasteiger partial charge in [-0.3, -0.25) is 24.6 Å². The standard InChI is InChI=1S/C20H18N2O6S/c1-29-10-9-17(21-18(23)15-7-2-3-8-16(15)19(21)24)20(25)28-12-13-5-4-6-14(11-13)22(26)27/h2-8,11,17H,9-10,12H2,1H3. The van der Waals surface area contributed by atoms with Gasteiger partial charge in [-0.15, -0.1) is 0 Å². The molecule has 1 aliphatic heterocycles. The molecule has 0 saturated heterocycles. The van der Waals surface area contributed by atoms with Crippen LogP contribution < -0.4 is 0 Å². The van der Waals surface area contributed by atoms with Crippen LogP contribution in [0.4, 0.5) is 5.69 Å². The fourth-order valence-electron chi connectivity index (χ4n) is 3.08. The molecule has 1 heterocycles. The van der Waals surface area contributed by atoms with Crippen molar-refractivity contribution in [2.24, 2.45) is 0 Å². The smallest absolute Gasteiger partial charge is 0.329 e. The number of amides is 2. The van der Waals surface area contributed by atoms with E-state index in [1.807, 2.05) is 6.26 Å². The van der Waals surface area contributed by atoms with Crippen molar-refractivity contribution < 1.29 is 24.0 Å². The van der Waals surface area contributed by atoms with Gasteiger partial charge in [-0.05, 0) is 36.1 Å². The summed E-state index contributed by atoms with van der Waals surface area (Å²) in [6, 6.07) is 11.1. The van der Waals surface area contributed by atoms with Crippen LogP contribution >= 0.6 is 11.8 Å². The molecular weight excluding hydrogens is 396 g/mol. The first-order valence-corrected chi connectivity index (χ1v) is 10.2. The van der Waals surface area contributed by atoms with Gasteiger partial charge in [0.2, 0.25) is 0 Å². The van der Waals surface area contributed by atoms with Gasteiger partial charge in [-0.25, -0.2) is 4.79 Å². The van der Waals surface area contributed by atoms with Crippen LogP contribution in [-0.4, -0.2) is 45.7 Å². The largest absolute Gasteiger partial charge is 0.459 e. The molecule has 0 saturated carbocycles. The molecule has 29 heavy (non-hydrogen) atoms. The number of imide groups is 1. The highest BCUT2D eigenvalue weighted by Gasteiger charge is 2.43. The molecule has 1 aliphatic rings. The van der Waals surface area contributed by atoms with Gasteiger partial charge >= 0.3 is 5.97 Å². The lowest BCUT2D eigenvalue weighted by molar-refractivity contribution is -0.384. The monoisotopic (exact) mass is 414 g/mol. The topological polar surface area (TPSA) is 107 Å². The number of ether oxygens (including phenoxy) is 1. The quantitative estimate of drug-likeness (QED) is 0.283. The number of thioether (sulfide) groups is 1. The van der Waals surface area contributed by atoms with Crippen LogP contribution in [0.2, 0.25) is 0 Å². The van der Waals surface area contributed by atoms with Gasteiger partial charge in [0.25, 0.3) is 17.5 Å². The molecule has 3 rings (SSSR count). The van der Waals surface area contributed by atoms with Crippen LogP contribution in [0.5, 0.6) is 0 Å². The van der Waals surface area contributed by atoms with E-state index in [1.165, 1.54) is 30.0 Å². The van der Waals surface area contributed by atoms with E-state index in [1.54, 1.807) is 30.3 Å². The van der Waals surface area contributed by atoms with E-state index in [9.17, 15) is 24.5 Å². The number of hydrogen-bond acceptors (Lipinski definition) is 7. The van der Waals surface area contributed by atoms with Crippen LogP contribution in [0.15, 0.2) is 48.5 Å². The second-order valence-corrected chi connectivity index (χ2v) is 7.34. The summed E-state index contributed by atoms with van der Waals surface area (Å²) in [6.45, 7) is -0.195. The number of nitro benzene ring substituents is 1. The summed E-state index contributed by atoms with van der Waals surface area (Å²) >= 11 is 1.48. The van der Waals surface area contributed by atoms with Crippen LogP contribution in [-0.2, 0) is 16.1 Å². The number of non-ortho nitro benzene ring substituents is 1. The van der Waals surface area contributed by atoms with Gasteiger partial charge in [0.1, 0.15) is 12.6 Å². The summed E-state index contributed by atoms with van der Waals surface area (Å²) in [4.78, 5) is 49.5. The second-order valence-electron chi connectivity index (χ2n) is 6.36. The van der Waals surface area contributed by atoms with Crippen LogP contribution in [0.3, 0.4) is 0 Å². The molecule has 2 aromatic carbocycles. The molecule has 8 nitrogen and oxygen atoms in total. The molecule has 0 aliphatic carbocycles. The predicted octanol–water partition coefficient (Wildman–Crippen LogP) is 3.06. The van der Waals surface area contributed by atoms with Gasteiger partial charge in [-0.2, -0.15) is 11.8 Å². The lowest BCUT2D eigenvalue weighted by atomic mass is 10.1. The molecule has 2 aromatic rings. The number of hydrogen-bond donors (Lipinski definition) is 0. The Kier molecular flexibility index (Phi) is 6.28. The van der Waals surface area contributed by atoms with Gasteiger partial charge in [-0.1, -0.05) is 24.3 Å². The number of esters is 1. The highest BCUT2D eigenvalue weighted by Crippen LogP contribution is 2.27. The van der Waals surface area contributed by atoms with Gasteiger partial charge < -0.3 is 4.74 Å². The molecule has 0 N–H and O–H groups in total. The number of fused-ring (bicyclic) bond motifs is 1. The minimum absolute atomic E-state index is 0.113. The number of carbonyl (C=O) groups is 3. The van der Waals surface area contributed by atoms with E-state index >= 15 is 0 Å². The Balaban J connectivity index is 1.78. The first kappa shape index (κ1) is 20.5. The molecule has 9 heteroatoms. The minimum Gasteiger partial charge on any atom is -0.459 e. The Morgan fingerprint density at radius 2 is 1.79 bits per heavy atom. The fraction of sp³-hybridized carbons (Fsp3) is 0.250. The van der Waals surface area contributed by atoms with Gasteiger partial charge in [0, 0.05) is 12.1 Å². The van der Waals surface area contributed by atoms with E-state index < -0.39 is 28.7 Å². The van der Waals surface area contributed by atoms with Crippen molar-refractivity contribution in [2.75, 3.05) is 12.0 Å². The Morgan fingerprint density at radius 1 is 1.14 bits per heavy atom. The van der Waals surface area contributed by atoms with Crippen molar-refractivity contribution in [3.63, 3.8) is 0 Å². The average Bonchev–Trinajstić information content (AvgIpc) is 2.98. The number of rotatable bonds is 8. The van der Waals surface area contributed by atoms with E-state index in [0.717, 1.165) is 4.90 Å². The zero-order chi connectivity index (χ0) is 21.0. The van der Waals surface area contributed by atoms with E-state index in [-0.39, 0.29) is 29.8 Å². The van der Waals surface area contributed by atoms with Crippen molar-refractivity contribution in [3.8, 4) is 0 Å². The van der Waals surface area contributed by atoms with Crippen molar-refractivity contribution in [1.29, 1.82) is 0 Å². The van der Waals surface area contributed by atoms with Crippen molar-refractivity contribution >= 4 is 35.2 Å². The lowest BCUT2D eigenvalue weighted by Gasteiger charge is -2.24. The molecule has 1 unspecified atom stereocenters. The first-order valence-electron chi connectivity index (χ1n) is 8.80. The van der Waals surface area contributed by atoms with Gasteiger partial charge in [0.15, 0.2) is 0 Å². The molecule has 0 bridgehead atoms. The molecular formula is C20H18N2O6S. The predicted molar refractivity (Wildman–Crippen MR) is 107 cm³/mol. The number of nitro groups is 1. The molecule has 150 valence electrons. The van der Waals surface area contributed by atoms with Crippen LogP contribution in [0.1, 0.15) is 32.7 Å². The normalized spacial score (nSPS) is 13.9. The minimum atomic E-state index is -1.06. The second kappa shape index (κ2) is 8.87. The Labute approximate surface area is 171 Å². The first-order chi connectivity index (χ1) is 13.9. The zero-order valence-corrected chi connectivity index (χ0v) is 16.4. The van der Waals surface area contributed by atoms with E-state index in [0.29, 0.717) is 11.3 Å². The fourth-order valence-corrected chi connectivity index (χ4v) is 3.54. The number of benzene rings is 2. The molecule has 0 aromatic heterocycles. The summed E-state index contributed by atoms with van der Waals surface area (Å²) in [5.74, 6) is -1.22. The summed E-state index contributed by atoms with van der Waals surface area (Å²) in [5, 5.41) is 10.9.